The Bertz CT molecular complexity index is 636. The van der Waals surface area contributed by atoms with Gasteiger partial charge in [0.25, 0.3) is 0 Å². The van der Waals surface area contributed by atoms with Gasteiger partial charge in [0.05, 0.1) is 4.87 Å². The van der Waals surface area contributed by atoms with E-state index in [-0.39, 0.29) is 4.87 Å². The van der Waals surface area contributed by atoms with Crippen LogP contribution in [0.25, 0.3) is 0 Å². The highest BCUT2D eigenvalue weighted by molar-refractivity contribution is 6.31. The van der Waals surface area contributed by atoms with Crippen molar-refractivity contribution in [1.82, 2.24) is 0 Å². The Labute approximate surface area is 137 Å². The SMILES string of the molecule is CCc1ccc(C2C(c3cc(C)cc(Cl)c3)C2(C)Cl)cc1. The van der Waals surface area contributed by atoms with Crippen LogP contribution in [0.1, 0.15) is 47.9 Å². The lowest BCUT2D eigenvalue weighted by Gasteiger charge is -2.04. The van der Waals surface area contributed by atoms with E-state index in [0.717, 1.165) is 11.4 Å². The van der Waals surface area contributed by atoms with Crippen molar-refractivity contribution in [2.45, 2.75) is 43.9 Å². The van der Waals surface area contributed by atoms with Gasteiger partial charge in [-0.05, 0) is 54.7 Å². The fraction of sp³-hybridized carbons (Fsp3) is 0.368. The second-order valence-electron chi connectivity index (χ2n) is 6.26. The second kappa shape index (κ2) is 5.34. The predicted molar refractivity (Wildman–Crippen MR) is 91.7 cm³/mol. The molecule has 0 N–H and O–H groups in total. The number of alkyl halides is 1. The number of hydrogen-bond acceptors (Lipinski definition) is 0. The fourth-order valence-electron chi connectivity index (χ4n) is 3.42. The zero-order valence-corrected chi connectivity index (χ0v) is 14.2. The van der Waals surface area contributed by atoms with Crippen LogP contribution in [0, 0.1) is 6.92 Å². The van der Waals surface area contributed by atoms with Crippen molar-refractivity contribution in [3.63, 3.8) is 0 Å². The molecule has 0 aromatic heterocycles. The molecule has 0 saturated heterocycles. The van der Waals surface area contributed by atoms with E-state index in [1.807, 2.05) is 6.07 Å². The first-order chi connectivity index (χ1) is 9.93. The monoisotopic (exact) mass is 318 g/mol. The molecule has 110 valence electrons. The summed E-state index contributed by atoms with van der Waals surface area (Å²) in [6.45, 7) is 6.39. The second-order valence-corrected chi connectivity index (χ2v) is 7.51. The third kappa shape index (κ3) is 2.72. The molecular weight excluding hydrogens is 299 g/mol. The highest BCUT2D eigenvalue weighted by atomic mass is 35.5. The summed E-state index contributed by atoms with van der Waals surface area (Å²) >= 11 is 13.0. The minimum absolute atomic E-state index is 0.217. The molecule has 0 amide bonds. The lowest BCUT2D eigenvalue weighted by atomic mass is 10.0. The molecule has 0 nitrogen and oxygen atoms in total. The molecule has 0 heterocycles. The Morgan fingerprint density at radius 3 is 2.19 bits per heavy atom. The Balaban J connectivity index is 1.93. The lowest BCUT2D eigenvalue weighted by molar-refractivity contribution is 0.942. The van der Waals surface area contributed by atoms with Crippen LogP contribution in [0.4, 0.5) is 0 Å². The maximum Gasteiger partial charge on any atom is 0.0568 e. The van der Waals surface area contributed by atoms with E-state index < -0.39 is 0 Å². The van der Waals surface area contributed by atoms with Gasteiger partial charge in [-0.3, -0.25) is 0 Å². The van der Waals surface area contributed by atoms with Gasteiger partial charge in [0.15, 0.2) is 0 Å². The molecule has 0 spiro atoms. The number of halogens is 2. The standard InChI is InChI=1S/C19H20Cl2/c1-4-13-5-7-14(8-6-13)17-18(19(17,3)21)15-9-12(2)10-16(20)11-15/h5-11,17-18H,4H2,1-3H3. The normalized spacial score (nSPS) is 27.7. The summed E-state index contributed by atoms with van der Waals surface area (Å²) in [6.07, 6.45) is 1.07. The molecule has 3 atom stereocenters. The minimum atomic E-state index is -0.217. The van der Waals surface area contributed by atoms with Crippen molar-refractivity contribution in [2.24, 2.45) is 0 Å². The molecule has 1 fully saturated rings. The van der Waals surface area contributed by atoms with E-state index in [1.165, 1.54) is 22.3 Å². The summed E-state index contributed by atoms with van der Waals surface area (Å²) < 4.78 is 0. The Hall–Kier alpha value is -0.980. The first-order valence-electron chi connectivity index (χ1n) is 7.48. The predicted octanol–water partition coefficient (Wildman–Crippen LogP) is 6.09. The molecule has 0 aliphatic heterocycles. The molecule has 21 heavy (non-hydrogen) atoms. The molecule has 0 radical (unpaired) electrons. The van der Waals surface area contributed by atoms with Crippen LogP contribution in [0.3, 0.4) is 0 Å². The summed E-state index contributed by atoms with van der Waals surface area (Å²) in [5, 5.41) is 0.796. The van der Waals surface area contributed by atoms with Crippen LogP contribution in [0.2, 0.25) is 5.02 Å². The molecule has 2 heteroatoms. The van der Waals surface area contributed by atoms with Gasteiger partial charge < -0.3 is 0 Å². The van der Waals surface area contributed by atoms with Crippen LogP contribution in [-0.4, -0.2) is 4.87 Å². The van der Waals surface area contributed by atoms with Crippen molar-refractivity contribution >= 4 is 23.2 Å². The summed E-state index contributed by atoms with van der Waals surface area (Å²) in [5.74, 6) is 0.701. The highest BCUT2D eigenvalue weighted by Crippen LogP contribution is 2.67. The molecule has 1 saturated carbocycles. The minimum Gasteiger partial charge on any atom is -0.118 e. The van der Waals surface area contributed by atoms with E-state index in [1.54, 1.807) is 0 Å². The first kappa shape index (κ1) is 14.9. The number of rotatable bonds is 3. The van der Waals surface area contributed by atoms with Gasteiger partial charge in [0.1, 0.15) is 0 Å². The average Bonchev–Trinajstić information content (AvgIpc) is 3.00. The van der Waals surface area contributed by atoms with Gasteiger partial charge in [-0.2, -0.15) is 0 Å². The topological polar surface area (TPSA) is 0 Å². The van der Waals surface area contributed by atoms with Crippen LogP contribution in [0.5, 0.6) is 0 Å². The Morgan fingerprint density at radius 1 is 1.00 bits per heavy atom. The molecule has 1 aliphatic rings. The van der Waals surface area contributed by atoms with Gasteiger partial charge in [0, 0.05) is 16.9 Å². The van der Waals surface area contributed by atoms with Gasteiger partial charge in [-0.25, -0.2) is 0 Å². The van der Waals surface area contributed by atoms with E-state index in [2.05, 4.69) is 57.2 Å². The molecular formula is C19H20Cl2. The number of aryl methyl sites for hydroxylation is 2. The Morgan fingerprint density at radius 2 is 1.62 bits per heavy atom. The van der Waals surface area contributed by atoms with E-state index in [9.17, 15) is 0 Å². The average molecular weight is 319 g/mol. The van der Waals surface area contributed by atoms with Gasteiger partial charge >= 0.3 is 0 Å². The third-order valence-electron chi connectivity index (χ3n) is 4.61. The molecule has 0 bridgehead atoms. The van der Waals surface area contributed by atoms with Gasteiger partial charge in [-0.15, -0.1) is 11.6 Å². The van der Waals surface area contributed by atoms with E-state index >= 15 is 0 Å². The third-order valence-corrected chi connectivity index (χ3v) is 5.30. The van der Waals surface area contributed by atoms with Crippen LogP contribution < -0.4 is 0 Å². The van der Waals surface area contributed by atoms with Crippen molar-refractivity contribution in [3.05, 3.63) is 69.7 Å². The maximum absolute atomic E-state index is 6.78. The number of benzene rings is 2. The summed E-state index contributed by atoms with van der Waals surface area (Å²) in [5.41, 5.74) is 5.14. The molecule has 3 unspecified atom stereocenters. The molecule has 2 aromatic carbocycles. The largest absolute Gasteiger partial charge is 0.118 e. The molecule has 2 aromatic rings. The zero-order chi connectivity index (χ0) is 15.2. The van der Waals surface area contributed by atoms with Crippen molar-refractivity contribution in [1.29, 1.82) is 0 Å². The lowest BCUT2D eigenvalue weighted by Crippen LogP contribution is -1.95. The van der Waals surface area contributed by atoms with Crippen LogP contribution in [-0.2, 0) is 6.42 Å². The van der Waals surface area contributed by atoms with Crippen molar-refractivity contribution in [3.8, 4) is 0 Å². The summed E-state index contributed by atoms with van der Waals surface area (Å²) in [7, 11) is 0. The van der Waals surface area contributed by atoms with Crippen molar-refractivity contribution in [2.75, 3.05) is 0 Å². The molecule has 3 rings (SSSR count). The Kier molecular flexibility index (Phi) is 3.80. The van der Waals surface area contributed by atoms with Crippen LogP contribution in [0.15, 0.2) is 42.5 Å². The fourth-order valence-corrected chi connectivity index (χ4v) is 4.16. The van der Waals surface area contributed by atoms with E-state index in [0.29, 0.717) is 11.8 Å². The highest BCUT2D eigenvalue weighted by Gasteiger charge is 2.61. The summed E-state index contributed by atoms with van der Waals surface area (Å²) in [4.78, 5) is -0.217. The number of hydrogen-bond donors (Lipinski definition) is 0. The zero-order valence-electron chi connectivity index (χ0n) is 12.7. The quantitative estimate of drug-likeness (QED) is 0.601. The van der Waals surface area contributed by atoms with Crippen molar-refractivity contribution < 1.29 is 0 Å². The first-order valence-corrected chi connectivity index (χ1v) is 8.24. The molecule has 1 aliphatic carbocycles. The summed E-state index contributed by atoms with van der Waals surface area (Å²) in [6, 6.07) is 15.1. The van der Waals surface area contributed by atoms with E-state index in [4.69, 9.17) is 23.2 Å². The van der Waals surface area contributed by atoms with Crippen LogP contribution >= 0.6 is 23.2 Å². The van der Waals surface area contributed by atoms with Gasteiger partial charge in [-0.1, -0.05) is 48.9 Å². The maximum atomic E-state index is 6.78. The van der Waals surface area contributed by atoms with Gasteiger partial charge in [0.2, 0.25) is 0 Å². The smallest absolute Gasteiger partial charge is 0.0568 e.